The van der Waals surface area contributed by atoms with Crippen molar-refractivity contribution in [2.45, 2.75) is 31.1 Å². The van der Waals surface area contributed by atoms with Crippen molar-refractivity contribution >= 4 is 33.0 Å². The Labute approximate surface area is 202 Å². The minimum atomic E-state index is -3.47. The van der Waals surface area contributed by atoms with Crippen LogP contribution in [0.1, 0.15) is 37.3 Å². The van der Waals surface area contributed by atoms with Gasteiger partial charge in [-0.2, -0.15) is 4.31 Å². The molecule has 0 aromatic heterocycles. The van der Waals surface area contributed by atoms with E-state index in [2.05, 4.69) is 59.2 Å². The number of anilines is 1. The molecule has 0 fully saturated rings. The van der Waals surface area contributed by atoms with Gasteiger partial charge in [-0.05, 0) is 54.0 Å². The summed E-state index contributed by atoms with van der Waals surface area (Å²) in [4.78, 5) is 0.282. The maximum atomic E-state index is 12.6. The van der Waals surface area contributed by atoms with Gasteiger partial charge in [-0.1, -0.05) is 74.5 Å². The van der Waals surface area contributed by atoms with Crippen LogP contribution in [0.15, 0.2) is 89.8 Å². The van der Waals surface area contributed by atoms with E-state index < -0.39 is 10.0 Å². The second-order valence-electron chi connectivity index (χ2n) is 7.66. The zero-order valence-corrected chi connectivity index (χ0v) is 20.7. The van der Waals surface area contributed by atoms with Crippen molar-refractivity contribution < 1.29 is 8.42 Å². The Kier molecular flexibility index (Phi) is 9.00. The molecule has 3 aromatic carbocycles. The molecule has 0 aliphatic rings. The maximum absolute atomic E-state index is 12.6. The minimum absolute atomic E-state index is 0.271. The van der Waals surface area contributed by atoms with Crippen LogP contribution in [0.2, 0.25) is 0 Å². The lowest BCUT2D eigenvalue weighted by Crippen LogP contribution is -2.31. The molecular weight excluding hydrogens is 450 g/mol. The molecule has 0 radical (unpaired) electrons. The van der Waals surface area contributed by atoms with Crippen LogP contribution in [0.3, 0.4) is 0 Å². The van der Waals surface area contributed by atoms with Gasteiger partial charge in [0.15, 0.2) is 5.11 Å². The van der Waals surface area contributed by atoms with E-state index in [1.54, 1.807) is 24.3 Å². The van der Waals surface area contributed by atoms with Gasteiger partial charge in [-0.25, -0.2) is 8.42 Å². The van der Waals surface area contributed by atoms with Gasteiger partial charge in [0.1, 0.15) is 0 Å². The monoisotopic (exact) mass is 481 g/mol. The number of rotatable bonds is 10. The highest BCUT2D eigenvalue weighted by molar-refractivity contribution is 7.89. The summed E-state index contributed by atoms with van der Waals surface area (Å²) in [5, 5.41) is 6.93. The highest BCUT2D eigenvalue weighted by Crippen LogP contribution is 2.27. The number of hydrogen-bond acceptors (Lipinski definition) is 3. The van der Waals surface area contributed by atoms with Crippen LogP contribution >= 0.6 is 12.2 Å². The highest BCUT2D eigenvalue weighted by atomic mass is 32.2. The first-order chi connectivity index (χ1) is 16.0. The van der Waals surface area contributed by atoms with Gasteiger partial charge in [-0.15, -0.1) is 0 Å². The van der Waals surface area contributed by atoms with E-state index >= 15 is 0 Å². The fourth-order valence-corrected chi connectivity index (χ4v) is 5.50. The lowest BCUT2D eigenvalue weighted by molar-refractivity contribution is 0.445. The molecule has 7 heteroatoms. The average molecular weight is 482 g/mol. The molecule has 0 amide bonds. The molecule has 33 heavy (non-hydrogen) atoms. The predicted molar refractivity (Wildman–Crippen MR) is 140 cm³/mol. The molecule has 0 saturated carbocycles. The molecule has 5 nitrogen and oxygen atoms in total. The second kappa shape index (κ2) is 11.9. The van der Waals surface area contributed by atoms with E-state index in [0.717, 1.165) is 12.1 Å². The molecule has 3 rings (SSSR count). The van der Waals surface area contributed by atoms with Crippen LogP contribution in [-0.2, 0) is 10.0 Å². The Morgan fingerprint density at radius 3 is 1.85 bits per heavy atom. The van der Waals surface area contributed by atoms with Crippen molar-refractivity contribution in [2.75, 3.05) is 25.0 Å². The van der Waals surface area contributed by atoms with Crippen LogP contribution < -0.4 is 10.6 Å². The topological polar surface area (TPSA) is 61.4 Å². The van der Waals surface area contributed by atoms with Crippen molar-refractivity contribution in [1.29, 1.82) is 0 Å². The largest absolute Gasteiger partial charge is 0.362 e. The Morgan fingerprint density at radius 2 is 1.36 bits per heavy atom. The highest BCUT2D eigenvalue weighted by Gasteiger charge is 2.21. The lowest BCUT2D eigenvalue weighted by Gasteiger charge is -2.20. The molecule has 0 spiro atoms. The van der Waals surface area contributed by atoms with E-state index in [4.69, 9.17) is 12.2 Å². The van der Waals surface area contributed by atoms with Gasteiger partial charge >= 0.3 is 0 Å². The Morgan fingerprint density at radius 1 is 0.848 bits per heavy atom. The number of nitrogens with one attached hydrogen (secondary N) is 2. The van der Waals surface area contributed by atoms with Crippen molar-refractivity contribution in [2.24, 2.45) is 0 Å². The quantitative estimate of drug-likeness (QED) is 0.389. The van der Waals surface area contributed by atoms with Gasteiger partial charge in [0, 0.05) is 31.2 Å². The lowest BCUT2D eigenvalue weighted by atomic mass is 9.88. The zero-order valence-electron chi connectivity index (χ0n) is 19.1. The third-order valence-corrected chi connectivity index (χ3v) is 7.89. The van der Waals surface area contributed by atoms with Gasteiger partial charge in [-0.3, -0.25) is 0 Å². The molecule has 0 aliphatic carbocycles. The Balaban J connectivity index is 1.58. The summed E-state index contributed by atoms with van der Waals surface area (Å²) in [6.07, 6.45) is 0.886. The number of nitrogens with zero attached hydrogens (tertiary/aromatic N) is 1. The number of sulfonamides is 1. The van der Waals surface area contributed by atoms with Gasteiger partial charge < -0.3 is 10.6 Å². The molecular formula is C26H31N3O2S2. The SMILES string of the molecule is CCN(CC)S(=O)(=O)c1ccc(NC(=S)NCCC(c2ccccc2)c2ccccc2)cc1. The van der Waals surface area contributed by atoms with E-state index in [-0.39, 0.29) is 10.8 Å². The Hall–Kier alpha value is -2.74. The molecule has 2 N–H and O–H groups in total. The average Bonchev–Trinajstić information content (AvgIpc) is 2.84. The molecule has 3 aromatic rings. The first-order valence-electron chi connectivity index (χ1n) is 11.2. The van der Waals surface area contributed by atoms with Crippen LogP contribution in [0.4, 0.5) is 5.69 Å². The molecule has 0 aliphatic heterocycles. The molecule has 0 atom stereocenters. The van der Waals surface area contributed by atoms with E-state index in [9.17, 15) is 8.42 Å². The van der Waals surface area contributed by atoms with Crippen molar-refractivity contribution in [1.82, 2.24) is 9.62 Å². The summed E-state index contributed by atoms with van der Waals surface area (Å²) in [7, 11) is -3.47. The summed E-state index contributed by atoms with van der Waals surface area (Å²) in [5.74, 6) is 0.271. The van der Waals surface area contributed by atoms with E-state index in [1.807, 2.05) is 26.0 Å². The van der Waals surface area contributed by atoms with Crippen LogP contribution in [0.5, 0.6) is 0 Å². The molecule has 174 valence electrons. The first-order valence-corrected chi connectivity index (χ1v) is 13.1. The smallest absolute Gasteiger partial charge is 0.243 e. The van der Waals surface area contributed by atoms with Gasteiger partial charge in [0.25, 0.3) is 0 Å². The minimum Gasteiger partial charge on any atom is -0.362 e. The van der Waals surface area contributed by atoms with Gasteiger partial charge in [0.05, 0.1) is 4.90 Å². The molecule has 0 saturated heterocycles. The third-order valence-electron chi connectivity index (χ3n) is 5.58. The zero-order chi connectivity index (χ0) is 23.7. The van der Waals surface area contributed by atoms with Crippen molar-refractivity contribution in [3.63, 3.8) is 0 Å². The van der Waals surface area contributed by atoms with Crippen LogP contribution in [0.25, 0.3) is 0 Å². The third kappa shape index (κ3) is 6.63. The summed E-state index contributed by atoms with van der Waals surface area (Å²) < 4.78 is 26.7. The van der Waals surface area contributed by atoms with Crippen LogP contribution in [0, 0.1) is 0 Å². The number of benzene rings is 3. The van der Waals surface area contributed by atoms with Crippen LogP contribution in [-0.4, -0.2) is 37.5 Å². The standard InChI is InChI=1S/C26H31N3O2S2/c1-3-29(4-2)33(30,31)24-17-15-23(16-18-24)28-26(32)27-20-19-25(21-11-7-5-8-12-21)22-13-9-6-10-14-22/h5-18,25H,3-4,19-20H2,1-2H3,(H2,27,28,32). The fourth-order valence-electron chi connectivity index (χ4n) is 3.82. The summed E-state index contributed by atoms with van der Waals surface area (Å²) in [5.41, 5.74) is 3.29. The summed E-state index contributed by atoms with van der Waals surface area (Å²) in [6.45, 7) is 5.26. The maximum Gasteiger partial charge on any atom is 0.243 e. The van der Waals surface area contributed by atoms with Crippen molar-refractivity contribution in [3.8, 4) is 0 Å². The van der Waals surface area contributed by atoms with Crippen molar-refractivity contribution in [3.05, 3.63) is 96.1 Å². The summed E-state index contributed by atoms with van der Waals surface area (Å²) in [6, 6.07) is 27.6. The first kappa shape index (κ1) is 24.9. The molecule has 0 bridgehead atoms. The Bertz CT molecular complexity index is 1080. The normalized spacial score (nSPS) is 11.5. The second-order valence-corrected chi connectivity index (χ2v) is 10.0. The number of hydrogen-bond donors (Lipinski definition) is 2. The predicted octanol–water partition coefficient (Wildman–Crippen LogP) is 5.23. The fraction of sp³-hybridized carbons (Fsp3) is 0.269. The van der Waals surface area contributed by atoms with E-state index in [0.29, 0.717) is 24.7 Å². The number of thiocarbonyl (C=S) groups is 1. The molecule has 0 unspecified atom stereocenters. The molecule has 0 heterocycles. The van der Waals surface area contributed by atoms with Gasteiger partial charge in [0.2, 0.25) is 10.0 Å². The van der Waals surface area contributed by atoms with E-state index in [1.165, 1.54) is 15.4 Å². The summed E-state index contributed by atoms with van der Waals surface area (Å²) >= 11 is 5.46.